The number of urea groups is 1. The van der Waals surface area contributed by atoms with Gasteiger partial charge in [-0.2, -0.15) is 10.1 Å². The third kappa shape index (κ3) is 2.79. The summed E-state index contributed by atoms with van der Waals surface area (Å²) in [5, 5.41) is 10.8. The first kappa shape index (κ1) is 17.1. The summed E-state index contributed by atoms with van der Waals surface area (Å²) in [4.78, 5) is 30.8. The fourth-order valence-electron chi connectivity index (χ4n) is 2.81. The highest BCUT2D eigenvalue weighted by Gasteiger charge is 2.52. The average molecular weight is 346 g/mol. The van der Waals surface area contributed by atoms with E-state index in [4.69, 9.17) is 4.52 Å². The van der Waals surface area contributed by atoms with Gasteiger partial charge in [0, 0.05) is 24.2 Å². The quantitative estimate of drug-likeness (QED) is 0.840. The maximum absolute atomic E-state index is 13.0. The summed E-state index contributed by atoms with van der Waals surface area (Å²) >= 11 is 0. The van der Waals surface area contributed by atoms with Gasteiger partial charge in [-0.1, -0.05) is 32.9 Å². The Morgan fingerprint density at radius 3 is 2.56 bits per heavy atom. The van der Waals surface area contributed by atoms with Crippen molar-refractivity contribution in [2.24, 2.45) is 7.05 Å². The molecule has 0 aromatic carbocycles. The van der Waals surface area contributed by atoms with Gasteiger partial charge < -0.3 is 9.84 Å². The third-order valence-electron chi connectivity index (χ3n) is 4.34. The molecule has 134 valence electrons. The number of carbonyl (C=O) groups is 2. The molecule has 9 nitrogen and oxygen atoms in total. The lowest BCUT2D eigenvalue weighted by atomic mass is 9.89. The topological polar surface area (TPSA) is 106 Å². The Labute approximate surface area is 145 Å². The van der Waals surface area contributed by atoms with Crippen LogP contribution in [0.3, 0.4) is 0 Å². The zero-order valence-corrected chi connectivity index (χ0v) is 15.0. The Kier molecular flexibility index (Phi) is 3.89. The van der Waals surface area contributed by atoms with Crippen LogP contribution in [-0.4, -0.2) is 36.8 Å². The molecule has 0 spiro atoms. The van der Waals surface area contributed by atoms with Gasteiger partial charge in [-0.15, -0.1) is 0 Å². The Morgan fingerprint density at radius 2 is 2.04 bits per heavy atom. The second kappa shape index (κ2) is 5.68. The van der Waals surface area contributed by atoms with E-state index in [1.54, 1.807) is 24.1 Å². The minimum atomic E-state index is -1.11. The second-order valence-corrected chi connectivity index (χ2v) is 7.24. The molecule has 1 aliphatic heterocycles. The van der Waals surface area contributed by atoms with E-state index in [2.05, 4.69) is 20.6 Å². The Bertz CT molecular complexity index is 818. The number of hydrogen-bond acceptors (Lipinski definition) is 6. The van der Waals surface area contributed by atoms with Crippen LogP contribution in [0, 0.1) is 0 Å². The second-order valence-electron chi connectivity index (χ2n) is 7.24. The number of aryl methyl sites for hydroxylation is 1. The van der Waals surface area contributed by atoms with Gasteiger partial charge in [0.1, 0.15) is 12.1 Å². The molecule has 1 fully saturated rings. The minimum absolute atomic E-state index is 0.0598. The summed E-state index contributed by atoms with van der Waals surface area (Å²) in [7, 11) is 1.76. The van der Waals surface area contributed by atoms with Gasteiger partial charge in [-0.05, 0) is 6.42 Å². The van der Waals surface area contributed by atoms with Crippen LogP contribution in [0.2, 0.25) is 0 Å². The van der Waals surface area contributed by atoms with E-state index in [1.807, 2.05) is 27.7 Å². The van der Waals surface area contributed by atoms with Crippen molar-refractivity contribution >= 4 is 11.9 Å². The normalized spacial score (nSPS) is 21.1. The molecule has 1 N–H and O–H groups in total. The highest BCUT2D eigenvalue weighted by atomic mass is 16.5. The van der Waals surface area contributed by atoms with Crippen molar-refractivity contribution in [3.8, 4) is 0 Å². The summed E-state index contributed by atoms with van der Waals surface area (Å²) < 4.78 is 6.81. The summed E-state index contributed by atoms with van der Waals surface area (Å²) in [6, 6.07) is -0.480. The first-order chi connectivity index (χ1) is 11.7. The molecule has 1 saturated heterocycles. The first-order valence-corrected chi connectivity index (χ1v) is 8.13. The van der Waals surface area contributed by atoms with E-state index in [1.165, 1.54) is 0 Å². The summed E-state index contributed by atoms with van der Waals surface area (Å²) in [5.74, 6) is 0.415. The van der Waals surface area contributed by atoms with Crippen molar-refractivity contribution in [2.45, 2.75) is 51.6 Å². The fourth-order valence-corrected chi connectivity index (χ4v) is 2.81. The Balaban J connectivity index is 1.87. The van der Waals surface area contributed by atoms with Crippen molar-refractivity contribution in [1.29, 1.82) is 0 Å². The standard InChI is InChI=1S/C16H22N6O3/c1-6-16(10-7-17-21(5)8-10)13(23)22(14(24)19-16)9-11-18-12(20-25-11)15(2,3)4/h7-8H,6,9H2,1-5H3,(H,19,24)/t16-/m0/s1. The molecule has 0 saturated carbocycles. The molecular formula is C16H22N6O3. The molecule has 3 heterocycles. The van der Waals surface area contributed by atoms with Crippen LogP contribution in [-0.2, 0) is 29.3 Å². The summed E-state index contributed by atoms with van der Waals surface area (Å²) in [5.41, 5.74) is -0.737. The number of carbonyl (C=O) groups excluding carboxylic acids is 2. The predicted molar refractivity (Wildman–Crippen MR) is 87.3 cm³/mol. The summed E-state index contributed by atoms with van der Waals surface area (Å²) in [6.45, 7) is 7.66. The van der Waals surface area contributed by atoms with Crippen LogP contribution in [0.25, 0.3) is 0 Å². The SMILES string of the molecule is CC[C@@]1(c2cnn(C)c2)NC(=O)N(Cc2nc(C(C)(C)C)no2)C1=O. The van der Waals surface area contributed by atoms with Gasteiger partial charge in [-0.25, -0.2) is 4.79 Å². The largest absolute Gasteiger partial charge is 0.337 e. The molecule has 9 heteroatoms. The highest BCUT2D eigenvalue weighted by Crippen LogP contribution is 2.33. The molecule has 0 unspecified atom stereocenters. The van der Waals surface area contributed by atoms with Crippen molar-refractivity contribution in [3.63, 3.8) is 0 Å². The number of rotatable bonds is 4. The van der Waals surface area contributed by atoms with E-state index in [9.17, 15) is 9.59 Å². The lowest BCUT2D eigenvalue weighted by Gasteiger charge is -2.23. The molecule has 0 aliphatic carbocycles. The number of imide groups is 1. The van der Waals surface area contributed by atoms with Crippen molar-refractivity contribution in [2.75, 3.05) is 0 Å². The van der Waals surface area contributed by atoms with E-state index in [-0.39, 0.29) is 23.8 Å². The molecule has 3 rings (SSSR count). The fraction of sp³-hybridized carbons (Fsp3) is 0.562. The Hall–Kier alpha value is -2.71. The van der Waals surface area contributed by atoms with Crippen molar-refractivity contribution in [3.05, 3.63) is 29.7 Å². The Morgan fingerprint density at radius 1 is 1.32 bits per heavy atom. The van der Waals surface area contributed by atoms with Gasteiger partial charge in [0.05, 0.1) is 6.20 Å². The number of nitrogens with zero attached hydrogens (tertiary/aromatic N) is 5. The highest BCUT2D eigenvalue weighted by molar-refractivity contribution is 6.07. The number of hydrogen-bond donors (Lipinski definition) is 1. The molecule has 1 aliphatic rings. The maximum Gasteiger partial charge on any atom is 0.325 e. The average Bonchev–Trinajstić information content (AvgIpc) is 3.22. The monoisotopic (exact) mass is 346 g/mol. The predicted octanol–water partition coefficient (Wildman–Crippen LogP) is 1.46. The lowest BCUT2D eigenvalue weighted by Crippen LogP contribution is -2.43. The van der Waals surface area contributed by atoms with Crippen LogP contribution < -0.4 is 5.32 Å². The van der Waals surface area contributed by atoms with Crippen LogP contribution in [0.15, 0.2) is 16.9 Å². The van der Waals surface area contributed by atoms with Gasteiger partial charge in [0.25, 0.3) is 5.91 Å². The smallest absolute Gasteiger partial charge is 0.325 e. The molecule has 0 radical (unpaired) electrons. The van der Waals surface area contributed by atoms with Gasteiger partial charge >= 0.3 is 6.03 Å². The van der Waals surface area contributed by atoms with Crippen molar-refractivity contribution in [1.82, 2.24) is 30.1 Å². The molecule has 3 amide bonds. The van der Waals surface area contributed by atoms with Crippen LogP contribution in [0.1, 0.15) is 51.4 Å². The van der Waals surface area contributed by atoms with Crippen LogP contribution in [0.4, 0.5) is 4.79 Å². The van der Waals surface area contributed by atoms with Gasteiger partial charge in [0.2, 0.25) is 5.89 Å². The molecule has 25 heavy (non-hydrogen) atoms. The number of amides is 3. The molecule has 0 bridgehead atoms. The number of nitrogens with one attached hydrogen (secondary N) is 1. The van der Waals surface area contributed by atoms with Crippen LogP contribution in [0.5, 0.6) is 0 Å². The number of aromatic nitrogens is 4. The molecule has 2 aromatic rings. The molecular weight excluding hydrogens is 324 g/mol. The minimum Gasteiger partial charge on any atom is -0.337 e. The summed E-state index contributed by atoms with van der Waals surface area (Å²) in [6.07, 6.45) is 3.74. The zero-order valence-electron chi connectivity index (χ0n) is 15.0. The van der Waals surface area contributed by atoms with E-state index < -0.39 is 11.6 Å². The van der Waals surface area contributed by atoms with Gasteiger partial charge in [0.15, 0.2) is 5.82 Å². The van der Waals surface area contributed by atoms with E-state index in [0.29, 0.717) is 17.8 Å². The first-order valence-electron chi connectivity index (χ1n) is 8.13. The maximum atomic E-state index is 13.0. The molecule has 1 atom stereocenters. The van der Waals surface area contributed by atoms with Crippen molar-refractivity contribution < 1.29 is 14.1 Å². The van der Waals surface area contributed by atoms with E-state index in [0.717, 1.165) is 4.90 Å². The third-order valence-corrected chi connectivity index (χ3v) is 4.34. The lowest BCUT2D eigenvalue weighted by molar-refractivity contribution is -0.132. The van der Waals surface area contributed by atoms with Crippen LogP contribution >= 0.6 is 0 Å². The molecule has 2 aromatic heterocycles. The van der Waals surface area contributed by atoms with E-state index >= 15 is 0 Å². The van der Waals surface area contributed by atoms with Gasteiger partial charge in [-0.3, -0.25) is 14.4 Å². The zero-order chi connectivity index (χ0) is 18.4.